The highest BCUT2D eigenvalue weighted by Crippen LogP contribution is 2.46. The molecular formula is C14H30O6Si. The van der Waals surface area contributed by atoms with Crippen LogP contribution < -0.4 is 0 Å². The van der Waals surface area contributed by atoms with Crippen molar-refractivity contribution >= 4 is 8.80 Å². The molecule has 0 aromatic heterocycles. The van der Waals surface area contributed by atoms with Crippen LogP contribution in [0.25, 0.3) is 0 Å². The zero-order valence-corrected chi connectivity index (χ0v) is 15.4. The Balaban J connectivity index is 3.05. The lowest BCUT2D eigenvalue weighted by molar-refractivity contribution is -0.234. The summed E-state index contributed by atoms with van der Waals surface area (Å²) in [5.41, 5.74) is -0.697. The Kier molecular flexibility index (Phi) is 6.79. The smallest absolute Gasteiger partial charge is 0.380 e. The molecule has 0 bridgehead atoms. The Morgan fingerprint density at radius 2 is 1.62 bits per heavy atom. The predicted octanol–water partition coefficient (Wildman–Crippen LogP) is 1.64. The topological polar surface area (TPSA) is 55.4 Å². The molecule has 126 valence electrons. The molecule has 1 rings (SSSR count). The maximum absolute atomic E-state index is 5.95. The third-order valence-corrected chi connectivity index (χ3v) is 7.89. The summed E-state index contributed by atoms with van der Waals surface area (Å²) in [6.45, 7) is 5.68. The zero-order valence-electron chi connectivity index (χ0n) is 14.4. The predicted molar refractivity (Wildman–Crippen MR) is 81.2 cm³/mol. The van der Waals surface area contributed by atoms with Crippen LogP contribution in [0.2, 0.25) is 0 Å². The minimum absolute atomic E-state index is 0.0390. The van der Waals surface area contributed by atoms with Gasteiger partial charge in [0.05, 0.1) is 18.8 Å². The SMILES string of the molecule is CCC(CC(OC)[Si](OC)(OC)OC)(OC)C1(C)COC1. The average Bonchev–Trinajstić information content (AvgIpc) is 2.50. The van der Waals surface area contributed by atoms with Gasteiger partial charge in [-0.1, -0.05) is 13.8 Å². The molecule has 0 spiro atoms. The molecule has 21 heavy (non-hydrogen) atoms. The van der Waals surface area contributed by atoms with E-state index in [1.54, 1.807) is 35.5 Å². The Labute approximate surface area is 129 Å². The largest absolute Gasteiger partial charge is 0.530 e. The molecule has 0 amide bonds. The summed E-state index contributed by atoms with van der Waals surface area (Å²) in [6, 6.07) is 0. The van der Waals surface area contributed by atoms with Crippen molar-refractivity contribution in [1.82, 2.24) is 0 Å². The minimum Gasteiger partial charge on any atom is -0.380 e. The molecule has 1 heterocycles. The van der Waals surface area contributed by atoms with E-state index in [0.717, 1.165) is 6.42 Å². The van der Waals surface area contributed by atoms with Gasteiger partial charge in [0.1, 0.15) is 5.73 Å². The van der Waals surface area contributed by atoms with Crippen molar-refractivity contribution in [2.45, 2.75) is 38.0 Å². The van der Waals surface area contributed by atoms with Crippen LogP contribution in [0, 0.1) is 5.41 Å². The van der Waals surface area contributed by atoms with E-state index in [1.165, 1.54) is 0 Å². The molecule has 0 aliphatic carbocycles. The van der Waals surface area contributed by atoms with Crippen molar-refractivity contribution in [3.8, 4) is 0 Å². The first-order valence-corrected chi connectivity index (χ1v) is 9.04. The summed E-state index contributed by atoms with van der Waals surface area (Å²) < 4.78 is 33.8. The fraction of sp³-hybridized carbons (Fsp3) is 1.00. The van der Waals surface area contributed by atoms with Crippen LogP contribution in [-0.2, 0) is 27.5 Å². The molecule has 7 heteroatoms. The van der Waals surface area contributed by atoms with Crippen molar-refractivity contribution < 1.29 is 27.5 Å². The van der Waals surface area contributed by atoms with Crippen molar-refractivity contribution in [3.63, 3.8) is 0 Å². The summed E-state index contributed by atoms with van der Waals surface area (Å²) >= 11 is 0. The summed E-state index contributed by atoms with van der Waals surface area (Å²) in [6.07, 6.45) is 1.49. The van der Waals surface area contributed by atoms with Crippen LogP contribution in [0.4, 0.5) is 0 Å². The van der Waals surface area contributed by atoms with Gasteiger partial charge in [-0.3, -0.25) is 0 Å². The fourth-order valence-corrected chi connectivity index (χ4v) is 5.42. The van der Waals surface area contributed by atoms with Gasteiger partial charge in [0.15, 0.2) is 0 Å². The molecule has 6 nitrogen and oxygen atoms in total. The second-order valence-electron chi connectivity index (χ2n) is 5.75. The highest BCUT2D eigenvalue weighted by Gasteiger charge is 2.58. The van der Waals surface area contributed by atoms with E-state index in [-0.39, 0.29) is 16.7 Å². The van der Waals surface area contributed by atoms with E-state index in [1.807, 2.05) is 0 Å². The van der Waals surface area contributed by atoms with Crippen LogP contribution in [0.5, 0.6) is 0 Å². The summed E-state index contributed by atoms with van der Waals surface area (Å²) in [5, 5.41) is 0. The van der Waals surface area contributed by atoms with Gasteiger partial charge in [0.2, 0.25) is 0 Å². The molecule has 1 aliphatic rings. The number of hydrogen-bond donors (Lipinski definition) is 0. The molecule has 0 aromatic carbocycles. The standard InChI is InChI=1S/C14H30O6Si/c1-8-14(16-4,13(2)10-20-11-13)9-12(15-3)21(17-5,18-6)19-7/h12H,8-11H2,1-7H3. The number of ether oxygens (including phenoxy) is 3. The second kappa shape index (κ2) is 7.50. The molecule has 2 atom stereocenters. The van der Waals surface area contributed by atoms with E-state index >= 15 is 0 Å². The maximum atomic E-state index is 5.95. The Morgan fingerprint density at radius 3 is 1.86 bits per heavy atom. The van der Waals surface area contributed by atoms with Crippen LogP contribution in [0.1, 0.15) is 26.7 Å². The lowest BCUT2D eigenvalue weighted by Gasteiger charge is -2.53. The highest BCUT2D eigenvalue weighted by atomic mass is 28.4. The molecule has 0 N–H and O–H groups in total. The zero-order chi connectivity index (χ0) is 16.1. The summed E-state index contributed by atoms with van der Waals surface area (Å²) in [5.74, 6) is 0. The van der Waals surface area contributed by atoms with Crippen molar-refractivity contribution in [2.75, 3.05) is 48.8 Å². The molecule has 0 radical (unpaired) electrons. The lowest BCUT2D eigenvalue weighted by atomic mass is 9.68. The molecule has 1 saturated heterocycles. The maximum Gasteiger partial charge on any atom is 0.530 e. The van der Waals surface area contributed by atoms with Gasteiger partial charge in [-0.05, 0) is 6.42 Å². The van der Waals surface area contributed by atoms with Crippen molar-refractivity contribution in [3.05, 3.63) is 0 Å². The van der Waals surface area contributed by atoms with E-state index in [4.69, 9.17) is 27.5 Å². The van der Waals surface area contributed by atoms with E-state index < -0.39 is 8.80 Å². The third-order valence-electron chi connectivity index (χ3n) is 4.95. The van der Waals surface area contributed by atoms with Gasteiger partial charge in [-0.25, -0.2) is 0 Å². The Bertz CT molecular complexity index is 304. The van der Waals surface area contributed by atoms with Gasteiger partial charge < -0.3 is 27.5 Å². The monoisotopic (exact) mass is 322 g/mol. The Morgan fingerprint density at radius 1 is 1.10 bits per heavy atom. The first-order chi connectivity index (χ1) is 9.93. The molecule has 1 aliphatic heterocycles. The molecule has 2 unspecified atom stereocenters. The number of hydrogen-bond acceptors (Lipinski definition) is 6. The third kappa shape index (κ3) is 3.19. The quantitative estimate of drug-likeness (QED) is 0.570. The highest BCUT2D eigenvalue weighted by molar-refractivity contribution is 6.62. The van der Waals surface area contributed by atoms with E-state index in [0.29, 0.717) is 19.6 Å². The molecular weight excluding hydrogens is 292 g/mol. The van der Waals surface area contributed by atoms with Gasteiger partial charge in [0.25, 0.3) is 0 Å². The van der Waals surface area contributed by atoms with E-state index in [2.05, 4.69) is 13.8 Å². The Hall–Kier alpha value is -0.0231. The molecule has 1 fully saturated rings. The fourth-order valence-electron chi connectivity index (χ4n) is 3.26. The number of methoxy groups -OCH3 is 2. The first kappa shape index (κ1) is 19.0. The summed E-state index contributed by atoms with van der Waals surface area (Å²) in [4.78, 5) is 0. The molecule has 0 saturated carbocycles. The van der Waals surface area contributed by atoms with Gasteiger partial charge in [0, 0.05) is 47.4 Å². The van der Waals surface area contributed by atoms with Crippen LogP contribution in [0.3, 0.4) is 0 Å². The van der Waals surface area contributed by atoms with E-state index in [9.17, 15) is 0 Å². The van der Waals surface area contributed by atoms with Gasteiger partial charge in [-0.15, -0.1) is 0 Å². The number of rotatable bonds is 10. The minimum atomic E-state index is -2.90. The van der Waals surface area contributed by atoms with Crippen LogP contribution in [-0.4, -0.2) is 68.9 Å². The summed E-state index contributed by atoms with van der Waals surface area (Å²) in [7, 11) is 5.29. The normalized spacial score (nSPS) is 22.4. The van der Waals surface area contributed by atoms with Crippen molar-refractivity contribution in [2.24, 2.45) is 5.41 Å². The van der Waals surface area contributed by atoms with Crippen LogP contribution >= 0.6 is 0 Å². The average molecular weight is 322 g/mol. The lowest BCUT2D eigenvalue weighted by Crippen LogP contribution is -2.64. The molecule has 0 aromatic rings. The van der Waals surface area contributed by atoms with Crippen LogP contribution in [0.15, 0.2) is 0 Å². The van der Waals surface area contributed by atoms with Gasteiger partial charge >= 0.3 is 8.80 Å². The van der Waals surface area contributed by atoms with Crippen molar-refractivity contribution in [1.29, 1.82) is 0 Å². The van der Waals surface area contributed by atoms with Gasteiger partial charge in [-0.2, -0.15) is 0 Å². The second-order valence-corrected chi connectivity index (χ2v) is 8.83. The first-order valence-electron chi connectivity index (χ1n) is 7.24.